The maximum atomic E-state index is 11.1. The van der Waals surface area contributed by atoms with Gasteiger partial charge in [0.25, 0.3) is 0 Å². The van der Waals surface area contributed by atoms with Gasteiger partial charge in [-0.2, -0.15) is 0 Å². The third-order valence-electron chi connectivity index (χ3n) is 2.28. The molecule has 2 aromatic rings. The summed E-state index contributed by atoms with van der Waals surface area (Å²) in [5.74, 6) is -0.942. The summed E-state index contributed by atoms with van der Waals surface area (Å²) < 4.78 is 0. The fourth-order valence-corrected chi connectivity index (χ4v) is 1.52. The topological polar surface area (TPSA) is 63.1 Å². The second kappa shape index (κ2) is 4.10. The van der Waals surface area contributed by atoms with Crippen LogP contribution in [0.5, 0.6) is 0 Å². The van der Waals surface area contributed by atoms with Crippen molar-refractivity contribution in [2.75, 3.05) is 0 Å². The van der Waals surface area contributed by atoms with E-state index in [9.17, 15) is 4.79 Å². The molecular weight excluding hydrogens is 204 g/mol. The molecule has 0 unspecified atom stereocenters. The molecule has 0 radical (unpaired) electrons. The summed E-state index contributed by atoms with van der Waals surface area (Å²) in [5, 5.41) is 9.11. The van der Waals surface area contributed by atoms with E-state index >= 15 is 0 Å². The van der Waals surface area contributed by atoms with Gasteiger partial charge in [0.2, 0.25) is 0 Å². The van der Waals surface area contributed by atoms with E-state index in [1.54, 1.807) is 24.5 Å². The molecule has 0 aliphatic heterocycles. The summed E-state index contributed by atoms with van der Waals surface area (Å²) in [5.41, 5.74) is 2.53. The van der Waals surface area contributed by atoms with E-state index in [2.05, 4.69) is 9.97 Å². The Kier molecular flexibility index (Phi) is 2.64. The average Bonchev–Trinajstić information content (AvgIpc) is 2.30. The van der Waals surface area contributed by atoms with Gasteiger partial charge in [0, 0.05) is 18.0 Å². The Hall–Kier alpha value is -2.23. The van der Waals surface area contributed by atoms with E-state index in [4.69, 9.17) is 5.11 Å². The van der Waals surface area contributed by atoms with Crippen molar-refractivity contribution in [3.63, 3.8) is 0 Å². The van der Waals surface area contributed by atoms with Crippen LogP contribution in [0, 0.1) is 6.92 Å². The van der Waals surface area contributed by atoms with Crippen molar-refractivity contribution in [3.05, 3.63) is 48.0 Å². The summed E-state index contributed by atoms with van der Waals surface area (Å²) in [7, 11) is 0. The Bertz CT molecular complexity index is 524. The monoisotopic (exact) mass is 214 g/mol. The van der Waals surface area contributed by atoms with Crippen molar-refractivity contribution in [1.82, 2.24) is 9.97 Å². The molecule has 1 aromatic heterocycles. The molecule has 1 heterocycles. The standard InChI is InChI=1S/C12H10N2O2/c1-8-2-3-10(11(4-8)12(15)16)9-5-13-7-14-6-9/h2-7H,1H3,(H,15,16). The van der Waals surface area contributed by atoms with Crippen molar-refractivity contribution < 1.29 is 9.90 Å². The molecule has 0 saturated carbocycles. The van der Waals surface area contributed by atoms with E-state index in [1.165, 1.54) is 6.33 Å². The number of carboxylic acid groups (broad SMARTS) is 1. The number of hydrogen-bond acceptors (Lipinski definition) is 3. The minimum Gasteiger partial charge on any atom is -0.478 e. The van der Waals surface area contributed by atoms with E-state index < -0.39 is 5.97 Å². The molecular formula is C12H10N2O2. The first-order valence-electron chi connectivity index (χ1n) is 4.78. The molecule has 0 bridgehead atoms. The summed E-state index contributed by atoms with van der Waals surface area (Å²) in [6, 6.07) is 5.29. The van der Waals surface area contributed by atoms with Crippen molar-refractivity contribution in [1.29, 1.82) is 0 Å². The second-order valence-electron chi connectivity index (χ2n) is 3.48. The Labute approximate surface area is 92.6 Å². The van der Waals surface area contributed by atoms with Crippen LogP contribution in [0.3, 0.4) is 0 Å². The molecule has 1 aromatic carbocycles. The molecule has 4 nitrogen and oxygen atoms in total. The number of benzene rings is 1. The van der Waals surface area contributed by atoms with Gasteiger partial charge in [0.15, 0.2) is 0 Å². The maximum absolute atomic E-state index is 11.1. The molecule has 0 aliphatic carbocycles. The third-order valence-corrected chi connectivity index (χ3v) is 2.28. The highest BCUT2D eigenvalue weighted by atomic mass is 16.4. The van der Waals surface area contributed by atoms with Crippen LogP contribution >= 0.6 is 0 Å². The molecule has 1 N–H and O–H groups in total. The fourth-order valence-electron chi connectivity index (χ4n) is 1.52. The summed E-state index contributed by atoms with van der Waals surface area (Å²) in [4.78, 5) is 18.9. The predicted molar refractivity (Wildman–Crippen MR) is 59.2 cm³/mol. The Morgan fingerprint density at radius 2 is 1.94 bits per heavy atom. The van der Waals surface area contributed by atoms with Crippen LogP contribution in [0.4, 0.5) is 0 Å². The lowest BCUT2D eigenvalue weighted by Crippen LogP contribution is -2.00. The van der Waals surface area contributed by atoms with Gasteiger partial charge in [-0.25, -0.2) is 14.8 Å². The molecule has 4 heteroatoms. The highest BCUT2D eigenvalue weighted by molar-refractivity contribution is 5.96. The number of carboxylic acids is 1. The fraction of sp³-hybridized carbons (Fsp3) is 0.0833. The van der Waals surface area contributed by atoms with Gasteiger partial charge in [0.1, 0.15) is 6.33 Å². The SMILES string of the molecule is Cc1ccc(-c2cncnc2)c(C(=O)O)c1. The first kappa shape index (κ1) is 10.3. The number of aryl methyl sites for hydroxylation is 1. The average molecular weight is 214 g/mol. The van der Waals surface area contributed by atoms with Crippen LogP contribution in [-0.2, 0) is 0 Å². The minimum atomic E-state index is -0.942. The van der Waals surface area contributed by atoms with Gasteiger partial charge < -0.3 is 5.11 Å². The predicted octanol–water partition coefficient (Wildman–Crippen LogP) is 2.15. The summed E-state index contributed by atoms with van der Waals surface area (Å²) in [6.45, 7) is 1.86. The van der Waals surface area contributed by atoms with Crippen LogP contribution in [0.15, 0.2) is 36.9 Å². The number of carbonyl (C=O) groups is 1. The van der Waals surface area contributed by atoms with Gasteiger partial charge >= 0.3 is 5.97 Å². The van der Waals surface area contributed by atoms with Gasteiger partial charge in [-0.3, -0.25) is 0 Å². The maximum Gasteiger partial charge on any atom is 0.336 e. The molecule has 0 aliphatic rings. The van der Waals surface area contributed by atoms with Crippen LogP contribution in [0.1, 0.15) is 15.9 Å². The van der Waals surface area contributed by atoms with Crippen LogP contribution in [-0.4, -0.2) is 21.0 Å². The largest absolute Gasteiger partial charge is 0.478 e. The van der Waals surface area contributed by atoms with Crippen molar-refractivity contribution in [3.8, 4) is 11.1 Å². The number of aromatic nitrogens is 2. The number of aromatic carboxylic acids is 1. The first-order valence-corrected chi connectivity index (χ1v) is 4.78. The number of rotatable bonds is 2. The lowest BCUT2D eigenvalue weighted by Gasteiger charge is -2.06. The highest BCUT2D eigenvalue weighted by Gasteiger charge is 2.11. The van der Waals surface area contributed by atoms with E-state index in [0.717, 1.165) is 5.56 Å². The minimum absolute atomic E-state index is 0.273. The molecule has 0 amide bonds. The van der Waals surface area contributed by atoms with Crippen LogP contribution < -0.4 is 0 Å². The van der Waals surface area contributed by atoms with Gasteiger partial charge in [-0.05, 0) is 18.6 Å². The van der Waals surface area contributed by atoms with Gasteiger partial charge in [-0.15, -0.1) is 0 Å². The Morgan fingerprint density at radius 3 is 2.56 bits per heavy atom. The molecule has 0 fully saturated rings. The van der Waals surface area contributed by atoms with Gasteiger partial charge in [-0.1, -0.05) is 17.7 Å². The van der Waals surface area contributed by atoms with E-state index in [1.807, 2.05) is 13.0 Å². The highest BCUT2D eigenvalue weighted by Crippen LogP contribution is 2.23. The summed E-state index contributed by atoms with van der Waals surface area (Å²) in [6.07, 6.45) is 4.62. The Morgan fingerprint density at radius 1 is 1.25 bits per heavy atom. The van der Waals surface area contributed by atoms with E-state index in [0.29, 0.717) is 11.1 Å². The molecule has 16 heavy (non-hydrogen) atoms. The molecule has 0 saturated heterocycles. The van der Waals surface area contributed by atoms with Crippen LogP contribution in [0.2, 0.25) is 0 Å². The van der Waals surface area contributed by atoms with Crippen molar-refractivity contribution >= 4 is 5.97 Å². The smallest absolute Gasteiger partial charge is 0.336 e. The first-order chi connectivity index (χ1) is 7.68. The zero-order valence-corrected chi connectivity index (χ0v) is 8.71. The molecule has 0 atom stereocenters. The van der Waals surface area contributed by atoms with Crippen molar-refractivity contribution in [2.45, 2.75) is 6.92 Å². The van der Waals surface area contributed by atoms with Crippen LogP contribution in [0.25, 0.3) is 11.1 Å². The lowest BCUT2D eigenvalue weighted by molar-refractivity contribution is 0.0697. The zero-order valence-electron chi connectivity index (χ0n) is 8.71. The Balaban J connectivity index is 2.61. The second-order valence-corrected chi connectivity index (χ2v) is 3.48. The van der Waals surface area contributed by atoms with E-state index in [-0.39, 0.29) is 5.56 Å². The van der Waals surface area contributed by atoms with Crippen molar-refractivity contribution in [2.24, 2.45) is 0 Å². The molecule has 2 rings (SSSR count). The lowest BCUT2D eigenvalue weighted by atomic mass is 10.00. The quantitative estimate of drug-likeness (QED) is 0.831. The number of hydrogen-bond donors (Lipinski definition) is 1. The molecule has 80 valence electrons. The normalized spacial score (nSPS) is 10.1. The third kappa shape index (κ3) is 1.91. The number of nitrogens with zero attached hydrogens (tertiary/aromatic N) is 2. The molecule has 0 spiro atoms. The van der Waals surface area contributed by atoms with Gasteiger partial charge in [0.05, 0.1) is 5.56 Å². The zero-order chi connectivity index (χ0) is 11.5. The summed E-state index contributed by atoms with van der Waals surface area (Å²) >= 11 is 0.